The van der Waals surface area contributed by atoms with Crippen LogP contribution >= 0.6 is 25.3 Å². The lowest BCUT2D eigenvalue weighted by atomic mass is 10.1. The Hall–Kier alpha value is -2.23. The van der Waals surface area contributed by atoms with E-state index in [2.05, 4.69) is 46.2 Å². The van der Waals surface area contributed by atoms with Gasteiger partial charge in [0.05, 0.1) is 12.6 Å². The van der Waals surface area contributed by atoms with Crippen LogP contribution in [0.1, 0.15) is 12.8 Å². The summed E-state index contributed by atoms with van der Waals surface area (Å²) in [6.07, 6.45) is 0.332. The first-order valence-electron chi connectivity index (χ1n) is 8.84. The first-order chi connectivity index (χ1) is 14.1. The van der Waals surface area contributed by atoms with E-state index in [-0.39, 0.29) is 36.9 Å². The molecule has 0 saturated heterocycles. The van der Waals surface area contributed by atoms with Gasteiger partial charge in [0.1, 0.15) is 18.1 Å². The van der Waals surface area contributed by atoms with Crippen LogP contribution in [0.25, 0.3) is 0 Å². The molecule has 0 radical (unpaired) electrons. The van der Waals surface area contributed by atoms with Gasteiger partial charge in [0.2, 0.25) is 17.7 Å². The number of carboxylic acids is 1. The molecular formula is C15H29N7O6S2. The highest BCUT2D eigenvalue weighted by atomic mass is 32.1. The van der Waals surface area contributed by atoms with E-state index >= 15 is 0 Å². The van der Waals surface area contributed by atoms with Crippen LogP contribution in [0.3, 0.4) is 0 Å². The second-order valence-electron chi connectivity index (χ2n) is 6.12. The Labute approximate surface area is 184 Å². The van der Waals surface area contributed by atoms with E-state index in [1.165, 1.54) is 0 Å². The molecule has 4 atom stereocenters. The normalized spacial score (nSPS) is 14.5. The van der Waals surface area contributed by atoms with Gasteiger partial charge in [0.15, 0.2) is 5.96 Å². The Morgan fingerprint density at radius 1 is 0.900 bits per heavy atom. The summed E-state index contributed by atoms with van der Waals surface area (Å²) in [5.41, 5.74) is 15.9. The van der Waals surface area contributed by atoms with Crippen molar-refractivity contribution >= 4 is 54.9 Å². The fourth-order valence-electron chi connectivity index (χ4n) is 2.06. The van der Waals surface area contributed by atoms with E-state index in [4.69, 9.17) is 17.2 Å². The number of hydrogen-bond donors (Lipinski definition) is 10. The number of aliphatic hydroxyl groups is 1. The van der Waals surface area contributed by atoms with E-state index < -0.39 is 54.5 Å². The number of guanidine groups is 1. The van der Waals surface area contributed by atoms with Crippen molar-refractivity contribution in [2.24, 2.45) is 22.2 Å². The van der Waals surface area contributed by atoms with Crippen molar-refractivity contribution in [2.45, 2.75) is 37.0 Å². The number of carboxylic acid groups (broad SMARTS) is 1. The number of rotatable bonds is 14. The minimum atomic E-state index is -1.37. The van der Waals surface area contributed by atoms with Gasteiger partial charge in [-0.05, 0) is 12.8 Å². The van der Waals surface area contributed by atoms with Gasteiger partial charge < -0.3 is 43.4 Å². The summed E-state index contributed by atoms with van der Waals surface area (Å²) in [5, 5.41) is 25.4. The summed E-state index contributed by atoms with van der Waals surface area (Å²) in [6.45, 7) is -0.568. The second kappa shape index (κ2) is 14.7. The van der Waals surface area contributed by atoms with Crippen LogP contribution in [0, 0.1) is 0 Å². The molecular weight excluding hydrogens is 438 g/mol. The lowest BCUT2D eigenvalue weighted by molar-refractivity contribution is -0.142. The maximum atomic E-state index is 12.4. The Bertz CT molecular complexity index is 633. The van der Waals surface area contributed by atoms with Gasteiger partial charge in [-0.25, -0.2) is 4.79 Å². The van der Waals surface area contributed by atoms with Crippen molar-refractivity contribution in [1.29, 1.82) is 0 Å². The summed E-state index contributed by atoms with van der Waals surface area (Å²) < 4.78 is 0. The summed E-state index contributed by atoms with van der Waals surface area (Å²) in [4.78, 5) is 51.5. The lowest BCUT2D eigenvalue weighted by Gasteiger charge is -2.23. The molecule has 3 amide bonds. The highest BCUT2D eigenvalue weighted by Gasteiger charge is 2.29. The summed E-state index contributed by atoms with van der Waals surface area (Å²) in [7, 11) is 0. The van der Waals surface area contributed by atoms with Crippen LogP contribution in [-0.2, 0) is 19.2 Å². The molecule has 0 aliphatic rings. The Morgan fingerprint density at radius 3 is 1.90 bits per heavy atom. The fourth-order valence-corrected chi connectivity index (χ4v) is 2.48. The number of nitrogens with one attached hydrogen (secondary N) is 3. The lowest BCUT2D eigenvalue weighted by Crippen LogP contribution is -2.58. The standard InChI is InChI=1S/C15H29N7O6S2/c16-7(5-29)11(24)21-9(4-23)12(25)22-10(6-30)13(26)20-8(14(27)28)2-1-3-19-15(17)18/h7-10,23,29-30H,1-6,16H2,(H,20,26)(H,21,24)(H,22,25)(H,27,28)(H4,17,18,19). The van der Waals surface area contributed by atoms with E-state index in [0.29, 0.717) is 0 Å². The van der Waals surface area contributed by atoms with E-state index in [1.807, 2.05) is 0 Å². The number of nitrogens with zero attached hydrogens (tertiary/aromatic N) is 1. The molecule has 0 bridgehead atoms. The summed E-state index contributed by atoms with van der Waals surface area (Å²) in [6, 6.07) is -4.82. The number of nitrogens with two attached hydrogens (primary N) is 3. The van der Waals surface area contributed by atoms with Crippen LogP contribution in [0.4, 0.5) is 0 Å². The van der Waals surface area contributed by atoms with Gasteiger partial charge in [-0.2, -0.15) is 25.3 Å². The summed E-state index contributed by atoms with van der Waals surface area (Å²) in [5.74, 6) is -3.94. The average Bonchev–Trinajstić information content (AvgIpc) is 2.70. The van der Waals surface area contributed by atoms with Crippen molar-refractivity contribution in [3.8, 4) is 0 Å². The maximum absolute atomic E-state index is 12.4. The minimum absolute atomic E-state index is 0.0209. The van der Waals surface area contributed by atoms with E-state index in [9.17, 15) is 29.4 Å². The third-order valence-corrected chi connectivity index (χ3v) is 4.48. The predicted octanol–water partition coefficient (Wildman–Crippen LogP) is -4.24. The van der Waals surface area contributed by atoms with Crippen LogP contribution in [0.5, 0.6) is 0 Å². The minimum Gasteiger partial charge on any atom is -0.480 e. The number of hydrogen-bond acceptors (Lipinski definition) is 9. The quantitative estimate of drug-likeness (QED) is 0.0514. The van der Waals surface area contributed by atoms with Crippen molar-refractivity contribution in [3.05, 3.63) is 0 Å². The van der Waals surface area contributed by atoms with E-state index in [1.54, 1.807) is 0 Å². The average molecular weight is 468 g/mol. The predicted molar refractivity (Wildman–Crippen MR) is 116 cm³/mol. The molecule has 0 aromatic carbocycles. The second-order valence-corrected chi connectivity index (χ2v) is 6.86. The maximum Gasteiger partial charge on any atom is 0.326 e. The van der Waals surface area contributed by atoms with Crippen LogP contribution in [0.15, 0.2) is 4.99 Å². The molecule has 13 nitrogen and oxygen atoms in total. The zero-order valence-corrected chi connectivity index (χ0v) is 17.9. The van der Waals surface area contributed by atoms with Crippen LogP contribution in [0.2, 0.25) is 0 Å². The Kier molecular flexibility index (Phi) is 13.6. The Balaban J connectivity index is 4.92. The molecule has 0 saturated carbocycles. The molecule has 172 valence electrons. The molecule has 15 heteroatoms. The SMILES string of the molecule is NC(N)=NCCCC(NC(=O)C(CS)NC(=O)C(CO)NC(=O)C(N)CS)C(=O)O. The van der Waals surface area contributed by atoms with Gasteiger partial charge in [0.25, 0.3) is 0 Å². The smallest absolute Gasteiger partial charge is 0.326 e. The molecule has 0 fully saturated rings. The molecule has 0 aromatic rings. The number of carbonyl (C=O) groups excluding carboxylic acids is 3. The number of aliphatic hydroxyl groups excluding tert-OH is 1. The molecule has 0 aromatic heterocycles. The number of thiol groups is 2. The number of carbonyl (C=O) groups is 4. The number of aliphatic carboxylic acids is 1. The number of aliphatic imine (C=N–C) groups is 1. The third-order valence-electron chi connectivity index (χ3n) is 3.72. The van der Waals surface area contributed by atoms with Crippen LogP contribution < -0.4 is 33.2 Å². The van der Waals surface area contributed by atoms with Gasteiger partial charge in [0, 0.05) is 18.1 Å². The van der Waals surface area contributed by atoms with Gasteiger partial charge >= 0.3 is 5.97 Å². The molecule has 30 heavy (non-hydrogen) atoms. The van der Waals surface area contributed by atoms with Crippen molar-refractivity contribution in [1.82, 2.24) is 16.0 Å². The largest absolute Gasteiger partial charge is 0.480 e. The van der Waals surface area contributed by atoms with Crippen LogP contribution in [-0.4, -0.2) is 88.7 Å². The van der Waals surface area contributed by atoms with Gasteiger partial charge in [-0.15, -0.1) is 0 Å². The fraction of sp³-hybridized carbons (Fsp3) is 0.667. The summed E-state index contributed by atoms with van der Waals surface area (Å²) >= 11 is 7.84. The van der Waals surface area contributed by atoms with Gasteiger partial charge in [-0.1, -0.05) is 0 Å². The molecule has 0 spiro atoms. The molecule has 11 N–H and O–H groups in total. The molecule has 4 unspecified atom stereocenters. The molecule has 0 rings (SSSR count). The molecule has 0 aliphatic carbocycles. The highest BCUT2D eigenvalue weighted by Crippen LogP contribution is 2.01. The van der Waals surface area contributed by atoms with Crippen molar-refractivity contribution in [2.75, 3.05) is 24.7 Å². The zero-order chi connectivity index (χ0) is 23.3. The topological polar surface area (TPSA) is 235 Å². The van der Waals surface area contributed by atoms with Crippen molar-refractivity contribution in [3.63, 3.8) is 0 Å². The highest BCUT2D eigenvalue weighted by molar-refractivity contribution is 7.80. The van der Waals surface area contributed by atoms with E-state index in [0.717, 1.165) is 0 Å². The Morgan fingerprint density at radius 2 is 1.43 bits per heavy atom. The first kappa shape index (κ1) is 27.8. The van der Waals surface area contributed by atoms with Gasteiger partial charge in [-0.3, -0.25) is 19.4 Å². The molecule has 0 aliphatic heterocycles. The third kappa shape index (κ3) is 10.5. The number of amides is 3. The van der Waals surface area contributed by atoms with Crippen molar-refractivity contribution < 1.29 is 29.4 Å². The zero-order valence-electron chi connectivity index (χ0n) is 16.2. The first-order valence-corrected chi connectivity index (χ1v) is 10.1. The molecule has 0 heterocycles. The monoisotopic (exact) mass is 467 g/mol.